The standard InChI is InChI=1S/C17H28N2O/c1-15(2)20-17(13-16-7-5-4-6-8-16)14-19-11-9-18(3)10-12-19/h4-8,15,17H,9-14H2,1-3H3. The van der Waals surface area contributed by atoms with Crippen LogP contribution in [0.3, 0.4) is 0 Å². The Bertz CT molecular complexity index is 372. The van der Waals surface area contributed by atoms with Crippen molar-refractivity contribution < 1.29 is 4.74 Å². The molecule has 1 atom stereocenters. The second-order valence-electron chi connectivity index (χ2n) is 6.10. The normalized spacial score (nSPS) is 19.4. The van der Waals surface area contributed by atoms with Crippen molar-refractivity contribution in [1.82, 2.24) is 9.80 Å². The van der Waals surface area contributed by atoms with E-state index in [-0.39, 0.29) is 6.10 Å². The molecule has 0 N–H and O–H groups in total. The molecule has 1 aliphatic rings. The Morgan fingerprint density at radius 1 is 1.05 bits per heavy atom. The summed E-state index contributed by atoms with van der Waals surface area (Å²) in [5, 5.41) is 0. The first-order chi connectivity index (χ1) is 9.63. The average molecular weight is 276 g/mol. The van der Waals surface area contributed by atoms with Crippen LogP contribution in [-0.2, 0) is 11.2 Å². The van der Waals surface area contributed by atoms with Crippen molar-refractivity contribution in [3.05, 3.63) is 35.9 Å². The van der Waals surface area contributed by atoms with Crippen LogP contribution < -0.4 is 0 Å². The molecule has 0 saturated carbocycles. The van der Waals surface area contributed by atoms with Gasteiger partial charge in [0, 0.05) is 32.7 Å². The third-order valence-electron chi connectivity index (χ3n) is 3.83. The highest BCUT2D eigenvalue weighted by atomic mass is 16.5. The van der Waals surface area contributed by atoms with E-state index in [0.717, 1.165) is 26.1 Å². The SMILES string of the molecule is CC(C)OC(Cc1ccccc1)CN1CCN(C)CC1. The lowest BCUT2D eigenvalue weighted by atomic mass is 10.1. The second kappa shape index (κ2) is 7.77. The van der Waals surface area contributed by atoms with E-state index >= 15 is 0 Å². The van der Waals surface area contributed by atoms with Crippen molar-refractivity contribution in [3.8, 4) is 0 Å². The Hall–Kier alpha value is -0.900. The molecule has 1 heterocycles. The van der Waals surface area contributed by atoms with Gasteiger partial charge in [-0.15, -0.1) is 0 Å². The van der Waals surface area contributed by atoms with E-state index in [4.69, 9.17) is 4.74 Å². The van der Waals surface area contributed by atoms with Gasteiger partial charge in [0.05, 0.1) is 12.2 Å². The van der Waals surface area contributed by atoms with Crippen LogP contribution in [0.1, 0.15) is 19.4 Å². The molecule has 0 aliphatic carbocycles. The van der Waals surface area contributed by atoms with Gasteiger partial charge in [0.15, 0.2) is 0 Å². The van der Waals surface area contributed by atoms with E-state index in [2.05, 4.69) is 61.0 Å². The third kappa shape index (κ3) is 5.23. The van der Waals surface area contributed by atoms with Crippen LogP contribution in [0, 0.1) is 0 Å². The molecular formula is C17H28N2O. The van der Waals surface area contributed by atoms with Gasteiger partial charge >= 0.3 is 0 Å². The minimum atomic E-state index is 0.288. The molecule has 0 aromatic heterocycles. The molecule has 1 unspecified atom stereocenters. The fourth-order valence-electron chi connectivity index (χ4n) is 2.74. The van der Waals surface area contributed by atoms with Gasteiger partial charge in [-0.3, -0.25) is 4.90 Å². The lowest BCUT2D eigenvalue weighted by molar-refractivity contribution is -0.0176. The summed E-state index contributed by atoms with van der Waals surface area (Å²) in [5.74, 6) is 0. The molecule has 0 bridgehead atoms. The quantitative estimate of drug-likeness (QED) is 0.793. The van der Waals surface area contributed by atoms with Crippen molar-refractivity contribution in [2.45, 2.75) is 32.5 Å². The van der Waals surface area contributed by atoms with Crippen LogP contribution >= 0.6 is 0 Å². The maximum absolute atomic E-state index is 6.13. The summed E-state index contributed by atoms with van der Waals surface area (Å²) in [6.07, 6.45) is 1.59. The number of rotatable bonds is 6. The van der Waals surface area contributed by atoms with Gasteiger partial charge in [0.1, 0.15) is 0 Å². The summed E-state index contributed by atoms with van der Waals surface area (Å²) in [6, 6.07) is 10.7. The maximum Gasteiger partial charge on any atom is 0.0745 e. The van der Waals surface area contributed by atoms with Crippen molar-refractivity contribution in [3.63, 3.8) is 0 Å². The summed E-state index contributed by atoms with van der Waals surface area (Å²) in [5.41, 5.74) is 1.37. The monoisotopic (exact) mass is 276 g/mol. The number of ether oxygens (including phenoxy) is 1. The zero-order valence-corrected chi connectivity index (χ0v) is 13.1. The Balaban J connectivity index is 1.90. The highest BCUT2D eigenvalue weighted by Gasteiger charge is 2.20. The average Bonchev–Trinajstić information content (AvgIpc) is 2.42. The predicted octanol–water partition coefficient (Wildman–Crippen LogP) is 2.27. The summed E-state index contributed by atoms with van der Waals surface area (Å²) >= 11 is 0. The van der Waals surface area contributed by atoms with Gasteiger partial charge in [0.2, 0.25) is 0 Å². The summed E-state index contributed by atoms with van der Waals surface area (Å²) in [4.78, 5) is 4.93. The first-order valence-electron chi connectivity index (χ1n) is 7.74. The fourth-order valence-corrected chi connectivity index (χ4v) is 2.74. The number of piperazine rings is 1. The van der Waals surface area contributed by atoms with Gasteiger partial charge in [-0.1, -0.05) is 30.3 Å². The zero-order chi connectivity index (χ0) is 14.4. The predicted molar refractivity (Wildman–Crippen MR) is 84.1 cm³/mol. The largest absolute Gasteiger partial charge is 0.374 e. The van der Waals surface area contributed by atoms with Crippen molar-refractivity contribution in [2.24, 2.45) is 0 Å². The summed E-state index contributed by atoms with van der Waals surface area (Å²) in [7, 11) is 2.20. The van der Waals surface area contributed by atoms with Crippen molar-refractivity contribution >= 4 is 0 Å². The third-order valence-corrected chi connectivity index (χ3v) is 3.83. The molecule has 20 heavy (non-hydrogen) atoms. The van der Waals surface area contributed by atoms with E-state index in [1.165, 1.54) is 18.7 Å². The topological polar surface area (TPSA) is 15.7 Å². The number of nitrogens with zero attached hydrogens (tertiary/aromatic N) is 2. The lowest BCUT2D eigenvalue weighted by Gasteiger charge is -2.35. The maximum atomic E-state index is 6.13. The van der Waals surface area contributed by atoms with Crippen LogP contribution in [0.4, 0.5) is 0 Å². The van der Waals surface area contributed by atoms with Gasteiger partial charge in [-0.2, -0.15) is 0 Å². The van der Waals surface area contributed by atoms with Crippen LogP contribution in [0.5, 0.6) is 0 Å². The highest BCUT2D eigenvalue weighted by Crippen LogP contribution is 2.11. The van der Waals surface area contributed by atoms with E-state index in [9.17, 15) is 0 Å². The minimum absolute atomic E-state index is 0.288. The molecule has 112 valence electrons. The van der Waals surface area contributed by atoms with E-state index in [0.29, 0.717) is 6.10 Å². The molecule has 3 nitrogen and oxygen atoms in total. The van der Waals surface area contributed by atoms with Gasteiger partial charge in [-0.25, -0.2) is 0 Å². The summed E-state index contributed by atoms with van der Waals surface area (Å²) in [6.45, 7) is 9.94. The van der Waals surface area contributed by atoms with Crippen LogP contribution in [0.25, 0.3) is 0 Å². The fraction of sp³-hybridized carbons (Fsp3) is 0.647. The molecule has 1 saturated heterocycles. The molecule has 1 aliphatic heterocycles. The number of hydrogen-bond acceptors (Lipinski definition) is 3. The molecular weight excluding hydrogens is 248 g/mol. The van der Waals surface area contributed by atoms with Crippen molar-refractivity contribution in [2.75, 3.05) is 39.8 Å². The smallest absolute Gasteiger partial charge is 0.0745 e. The molecule has 0 radical (unpaired) electrons. The second-order valence-corrected chi connectivity index (χ2v) is 6.10. The lowest BCUT2D eigenvalue weighted by Crippen LogP contribution is -2.48. The Kier molecular flexibility index (Phi) is 6.02. The molecule has 1 aromatic rings. The Morgan fingerprint density at radius 2 is 1.70 bits per heavy atom. The van der Waals surface area contributed by atoms with Crippen LogP contribution in [-0.4, -0.2) is 61.8 Å². The number of hydrogen-bond donors (Lipinski definition) is 0. The zero-order valence-electron chi connectivity index (χ0n) is 13.1. The van der Waals surface area contributed by atoms with Crippen LogP contribution in [0.15, 0.2) is 30.3 Å². The first-order valence-corrected chi connectivity index (χ1v) is 7.74. The summed E-state index contributed by atoms with van der Waals surface area (Å²) < 4.78 is 6.13. The molecule has 2 rings (SSSR count). The number of likely N-dealkylation sites (N-methyl/N-ethyl adjacent to an activating group) is 1. The molecule has 3 heteroatoms. The van der Waals surface area contributed by atoms with E-state index in [1.807, 2.05) is 0 Å². The van der Waals surface area contributed by atoms with E-state index in [1.54, 1.807) is 0 Å². The van der Waals surface area contributed by atoms with Crippen LogP contribution in [0.2, 0.25) is 0 Å². The molecule has 0 spiro atoms. The van der Waals surface area contributed by atoms with E-state index < -0.39 is 0 Å². The Morgan fingerprint density at radius 3 is 2.30 bits per heavy atom. The molecule has 0 amide bonds. The van der Waals surface area contributed by atoms with Gasteiger partial charge in [0.25, 0.3) is 0 Å². The number of benzene rings is 1. The minimum Gasteiger partial charge on any atom is -0.374 e. The first kappa shape index (κ1) is 15.5. The highest BCUT2D eigenvalue weighted by molar-refractivity contribution is 5.15. The molecule has 1 aromatic carbocycles. The Labute approximate surface area is 123 Å². The van der Waals surface area contributed by atoms with Gasteiger partial charge in [-0.05, 0) is 32.9 Å². The molecule has 1 fully saturated rings. The van der Waals surface area contributed by atoms with Crippen molar-refractivity contribution in [1.29, 1.82) is 0 Å². The van der Waals surface area contributed by atoms with Gasteiger partial charge < -0.3 is 9.64 Å².